The monoisotopic (exact) mass is 384 g/mol. The molecule has 4 rings (SSSR count). The number of alkyl halides is 3. The molecule has 3 aromatic rings. The maximum absolute atomic E-state index is 13.4. The summed E-state index contributed by atoms with van der Waals surface area (Å²) in [4.78, 5) is 4.52. The third-order valence-corrected chi connectivity index (χ3v) is 4.68. The molecule has 0 atom stereocenters. The maximum atomic E-state index is 13.4. The Balaban J connectivity index is 1.93. The molecular formula is C19H15F3N6. The molecule has 142 valence electrons. The number of aliphatic imine (C=N–C) groups is 1. The van der Waals surface area contributed by atoms with Gasteiger partial charge in [-0.3, -0.25) is 10.2 Å². The van der Waals surface area contributed by atoms with Gasteiger partial charge in [-0.05, 0) is 43.4 Å². The van der Waals surface area contributed by atoms with Crippen LogP contribution in [0, 0.1) is 11.3 Å². The molecule has 2 N–H and O–H groups in total. The molecule has 28 heavy (non-hydrogen) atoms. The number of hydrogen-bond acceptors (Lipinski definition) is 4. The maximum Gasteiger partial charge on any atom is 0.433 e. The lowest BCUT2D eigenvalue weighted by Gasteiger charge is -2.16. The molecule has 0 aliphatic heterocycles. The summed E-state index contributed by atoms with van der Waals surface area (Å²) in [7, 11) is 0. The summed E-state index contributed by atoms with van der Waals surface area (Å²) in [6.07, 6.45) is 3.30. The Bertz CT molecular complexity index is 1130. The Morgan fingerprint density at radius 1 is 1.14 bits per heavy atom. The summed E-state index contributed by atoms with van der Waals surface area (Å²) < 4.78 is 40.3. The fourth-order valence-electron chi connectivity index (χ4n) is 3.32. The zero-order chi connectivity index (χ0) is 19.7. The zero-order valence-corrected chi connectivity index (χ0v) is 14.6. The topological polar surface area (TPSA) is 93.5 Å². The normalized spacial score (nSPS) is 15.5. The van der Waals surface area contributed by atoms with Crippen molar-refractivity contribution in [1.29, 1.82) is 5.26 Å². The molecule has 0 saturated carbocycles. The van der Waals surface area contributed by atoms with Crippen LogP contribution in [0.2, 0.25) is 0 Å². The van der Waals surface area contributed by atoms with E-state index >= 15 is 0 Å². The van der Waals surface area contributed by atoms with E-state index in [-0.39, 0.29) is 16.8 Å². The van der Waals surface area contributed by atoms with E-state index < -0.39 is 11.9 Å². The molecule has 1 aliphatic rings. The predicted molar refractivity (Wildman–Crippen MR) is 97.1 cm³/mol. The van der Waals surface area contributed by atoms with Crippen molar-refractivity contribution in [2.75, 3.05) is 0 Å². The zero-order valence-electron chi connectivity index (χ0n) is 14.6. The molecule has 6 nitrogen and oxygen atoms in total. The lowest BCUT2D eigenvalue weighted by Crippen LogP contribution is -2.15. The van der Waals surface area contributed by atoms with Crippen LogP contribution in [0.5, 0.6) is 0 Å². The lowest BCUT2D eigenvalue weighted by molar-refractivity contribution is -0.141. The molecule has 0 saturated heterocycles. The van der Waals surface area contributed by atoms with Gasteiger partial charge in [0.15, 0.2) is 0 Å². The average molecular weight is 384 g/mol. The van der Waals surface area contributed by atoms with Crippen LogP contribution in [0.25, 0.3) is 10.9 Å². The van der Waals surface area contributed by atoms with E-state index in [1.165, 1.54) is 0 Å². The highest BCUT2D eigenvalue weighted by Gasteiger charge is 2.37. The van der Waals surface area contributed by atoms with Crippen LogP contribution in [-0.4, -0.2) is 26.1 Å². The second kappa shape index (κ2) is 6.96. The molecule has 2 heterocycles. The van der Waals surface area contributed by atoms with Crippen molar-refractivity contribution in [2.45, 2.75) is 31.9 Å². The molecule has 0 bridgehead atoms. The fraction of sp³-hybridized carbons (Fsp3) is 0.263. The van der Waals surface area contributed by atoms with Crippen LogP contribution >= 0.6 is 0 Å². The first kappa shape index (κ1) is 18.0. The van der Waals surface area contributed by atoms with Crippen molar-refractivity contribution < 1.29 is 13.2 Å². The molecular weight excluding hydrogens is 369 g/mol. The van der Waals surface area contributed by atoms with Crippen molar-refractivity contribution in [3.8, 4) is 6.07 Å². The van der Waals surface area contributed by atoms with E-state index in [1.54, 1.807) is 18.3 Å². The van der Waals surface area contributed by atoms with Crippen molar-refractivity contribution in [2.24, 2.45) is 4.99 Å². The van der Waals surface area contributed by atoms with E-state index in [2.05, 4.69) is 26.4 Å². The molecule has 2 aromatic heterocycles. The summed E-state index contributed by atoms with van der Waals surface area (Å²) in [6.45, 7) is 0. The summed E-state index contributed by atoms with van der Waals surface area (Å²) in [5, 5.41) is 22.5. The number of nitrogens with one attached hydrogen (secondary N) is 2. The van der Waals surface area contributed by atoms with Crippen LogP contribution in [0.15, 0.2) is 41.2 Å². The molecule has 0 fully saturated rings. The molecule has 1 aliphatic carbocycles. The van der Waals surface area contributed by atoms with Gasteiger partial charge in [0.2, 0.25) is 0 Å². The van der Waals surface area contributed by atoms with Gasteiger partial charge in [-0.2, -0.15) is 28.6 Å². The second-order valence-corrected chi connectivity index (χ2v) is 6.53. The van der Waals surface area contributed by atoms with Gasteiger partial charge in [0, 0.05) is 5.39 Å². The van der Waals surface area contributed by atoms with E-state index in [0.717, 1.165) is 36.4 Å². The number of benzene rings is 1. The van der Waals surface area contributed by atoms with Crippen molar-refractivity contribution in [1.82, 2.24) is 20.4 Å². The minimum Gasteiger partial charge on any atom is -0.278 e. The smallest absolute Gasteiger partial charge is 0.278 e. The van der Waals surface area contributed by atoms with E-state index in [4.69, 9.17) is 0 Å². The molecule has 1 aromatic carbocycles. The average Bonchev–Trinajstić information content (AvgIpc) is 3.34. The van der Waals surface area contributed by atoms with Crippen molar-refractivity contribution >= 4 is 22.3 Å². The van der Waals surface area contributed by atoms with Crippen molar-refractivity contribution in [3.05, 3.63) is 53.0 Å². The van der Waals surface area contributed by atoms with Gasteiger partial charge in [0.1, 0.15) is 11.8 Å². The Morgan fingerprint density at radius 2 is 1.96 bits per heavy atom. The predicted octanol–water partition coefficient (Wildman–Crippen LogP) is 4.80. The summed E-state index contributed by atoms with van der Waals surface area (Å²) >= 11 is 0. The highest BCUT2D eigenvalue weighted by Crippen LogP contribution is 2.34. The first-order valence-electron chi connectivity index (χ1n) is 8.73. The second-order valence-electron chi connectivity index (χ2n) is 6.53. The Labute approximate surface area is 157 Å². The molecule has 0 spiro atoms. The van der Waals surface area contributed by atoms with Crippen LogP contribution in [0.4, 0.5) is 18.9 Å². The third kappa shape index (κ3) is 3.29. The minimum atomic E-state index is -4.59. The van der Waals surface area contributed by atoms with Gasteiger partial charge in [-0.25, -0.2) is 4.99 Å². The van der Waals surface area contributed by atoms with Gasteiger partial charge in [0.05, 0.1) is 40.4 Å². The molecule has 0 radical (unpaired) electrons. The van der Waals surface area contributed by atoms with Crippen LogP contribution < -0.4 is 0 Å². The SMILES string of the molecule is N#Cc1cc2[nH]ncc2cc1N=C(C1=CCCCC1)c1cn[nH]c1C(F)(F)F. The quantitative estimate of drug-likeness (QED) is 0.635. The highest BCUT2D eigenvalue weighted by atomic mass is 19.4. The first-order valence-corrected chi connectivity index (χ1v) is 8.73. The number of nitriles is 1. The minimum absolute atomic E-state index is 0.114. The summed E-state index contributed by atoms with van der Waals surface area (Å²) in [5.74, 6) is 0. The Hall–Kier alpha value is -3.41. The van der Waals surface area contributed by atoms with Gasteiger partial charge in [-0.15, -0.1) is 0 Å². The number of aromatic amines is 2. The number of rotatable bonds is 3. The Morgan fingerprint density at radius 3 is 2.68 bits per heavy atom. The van der Waals surface area contributed by atoms with Crippen LogP contribution in [-0.2, 0) is 6.18 Å². The standard InChI is InChI=1S/C19H15F3N6/c20-19(21,22)18-14(10-25-28-18)17(11-4-2-1-3-5-11)26-15-7-13-9-24-27-16(13)6-12(15)8-23/h4,6-7,9-10H,1-3,5H2,(H,24,27)(H,25,28). The third-order valence-electron chi connectivity index (χ3n) is 4.68. The molecule has 0 unspecified atom stereocenters. The number of halogens is 3. The van der Waals surface area contributed by atoms with Crippen molar-refractivity contribution in [3.63, 3.8) is 0 Å². The summed E-state index contributed by atoms with van der Waals surface area (Å²) in [6, 6.07) is 5.29. The van der Waals surface area contributed by atoms with Gasteiger partial charge >= 0.3 is 6.18 Å². The van der Waals surface area contributed by atoms with E-state index in [1.807, 2.05) is 11.2 Å². The van der Waals surface area contributed by atoms with Gasteiger partial charge < -0.3 is 0 Å². The summed E-state index contributed by atoms with van der Waals surface area (Å²) in [5.41, 5.74) is 1.08. The number of H-pyrrole nitrogens is 2. The van der Waals surface area contributed by atoms with Crippen LogP contribution in [0.3, 0.4) is 0 Å². The highest BCUT2D eigenvalue weighted by molar-refractivity contribution is 6.14. The number of aromatic nitrogens is 4. The van der Waals surface area contributed by atoms with E-state index in [0.29, 0.717) is 17.6 Å². The number of fused-ring (bicyclic) bond motifs is 1. The Kier molecular flexibility index (Phi) is 4.47. The number of hydrogen-bond donors (Lipinski definition) is 2. The van der Waals surface area contributed by atoms with Gasteiger partial charge in [-0.1, -0.05) is 6.08 Å². The molecule has 0 amide bonds. The number of nitrogens with zero attached hydrogens (tertiary/aromatic N) is 4. The molecule has 9 heteroatoms. The lowest BCUT2D eigenvalue weighted by atomic mass is 9.92. The number of allylic oxidation sites excluding steroid dienone is 2. The van der Waals surface area contributed by atoms with Crippen LogP contribution in [0.1, 0.15) is 42.5 Å². The first-order chi connectivity index (χ1) is 13.5. The fourth-order valence-corrected chi connectivity index (χ4v) is 3.32. The largest absolute Gasteiger partial charge is 0.433 e. The van der Waals surface area contributed by atoms with E-state index in [9.17, 15) is 18.4 Å². The van der Waals surface area contributed by atoms with Gasteiger partial charge in [0.25, 0.3) is 0 Å².